The average Bonchev–Trinajstić information content (AvgIpc) is 3.50. The van der Waals surface area contributed by atoms with Gasteiger partial charge in [-0.15, -0.1) is 0 Å². The predicted molar refractivity (Wildman–Crippen MR) is 110 cm³/mol. The zero-order chi connectivity index (χ0) is 20.4. The number of rotatable bonds is 5. The van der Waals surface area contributed by atoms with Crippen molar-refractivity contribution in [3.8, 4) is 11.3 Å². The Morgan fingerprint density at radius 2 is 1.79 bits per heavy atom. The zero-order valence-electron chi connectivity index (χ0n) is 15.8. The number of nitrogens with zero attached hydrogens (tertiary/aromatic N) is 3. The maximum atomic E-state index is 12.6. The maximum Gasteiger partial charge on any atom is 0.313 e. The Labute approximate surface area is 173 Å². The molecule has 1 atom stereocenters. The molecule has 0 aliphatic heterocycles. The van der Waals surface area contributed by atoms with Crippen molar-refractivity contribution in [1.29, 1.82) is 0 Å². The van der Waals surface area contributed by atoms with Crippen molar-refractivity contribution in [2.75, 3.05) is 5.32 Å². The van der Waals surface area contributed by atoms with Crippen LogP contribution in [0.2, 0.25) is 5.02 Å². The van der Waals surface area contributed by atoms with E-state index in [1.807, 2.05) is 12.1 Å². The first-order chi connectivity index (χ1) is 14.0. The number of amides is 2. The van der Waals surface area contributed by atoms with Crippen LogP contribution in [0.15, 0.2) is 55.0 Å². The molecule has 1 saturated carbocycles. The number of aryl methyl sites for hydroxylation is 1. The van der Waals surface area contributed by atoms with Crippen molar-refractivity contribution in [2.24, 2.45) is 13.0 Å². The lowest BCUT2D eigenvalue weighted by molar-refractivity contribution is -0.136. The molecule has 3 aromatic rings. The quantitative estimate of drug-likeness (QED) is 0.632. The lowest BCUT2D eigenvalue weighted by Crippen LogP contribution is -2.38. The number of aromatic nitrogens is 3. The number of pyridine rings is 1. The van der Waals surface area contributed by atoms with Crippen molar-refractivity contribution < 1.29 is 9.59 Å². The van der Waals surface area contributed by atoms with Gasteiger partial charge in [-0.2, -0.15) is 5.10 Å². The number of anilines is 1. The molecule has 7 nitrogen and oxygen atoms in total. The summed E-state index contributed by atoms with van der Waals surface area (Å²) in [5, 5.41) is 10.6. The number of hydrogen-bond acceptors (Lipinski definition) is 4. The Balaban J connectivity index is 1.49. The minimum Gasteiger partial charge on any atom is -0.341 e. The lowest BCUT2D eigenvalue weighted by atomic mass is 10.0. The molecule has 8 heteroatoms. The smallest absolute Gasteiger partial charge is 0.313 e. The first kappa shape index (κ1) is 19.1. The first-order valence-corrected chi connectivity index (χ1v) is 9.70. The second kappa shape index (κ2) is 8.05. The highest BCUT2D eigenvalue weighted by Gasteiger charge is 2.34. The number of nitrogens with one attached hydrogen (secondary N) is 2. The lowest BCUT2D eigenvalue weighted by Gasteiger charge is -2.18. The van der Waals surface area contributed by atoms with E-state index < -0.39 is 11.8 Å². The number of halogens is 1. The Kier molecular flexibility index (Phi) is 5.31. The Morgan fingerprint density at radius 3 is 2.45 bits per heavy atom. The molecule has 2 amide bonds. The van der Waals surface area contributed by atoms with Crippen LogP contribution in [-0.2, 0) is 16.6 Å². The van der Waals surface area contributed by atoms with E-state index in [4.69, 9.17) is 11.6 Å². The number of carbonyl (C=O) groups excluding carboxylic acids is 2. The van der Waals surface area contributed by atoms with Crippen LogP contribution in [0.4, 0.5) is 5.69 Å². The van der Waals surface area contributed by atoms with E-state index in [1.54, 1.807) is 54.6 Å². The van der Waals surface area contributed by atoms with Gasteiger partial charge in [0.15, 0.2) is 0 Å². The fraction of sp³-hybridized carbons (Fsp3) is 0.238. The molecular formula is C21H20ClN5O2. The van der Waals surface area contributed by atoms with Gasteiger partial charge < -0.3 is 10.6 Å². The summed E-state index contributed by atoms with van der Waals surface area (Å²) in [5.41, 5.74) is 2.78. The van der Waals surface area contributed by atoms with Gasteiger partial charge in [0.2, 0.25) is 0 Å². The third kappa shape index (κ3) is 4.46. The predicted octanol–water partition coefficient (Wildman–Crippen LogP) is 3.34. The molecule has 29 heavy (non-hydrogen) atoms. The summed E-state index contributed by atoms with van der Waals surface area (Å²) in [7, 11) is 1.75. The van der Waals surface area contributed by atoms with Gasteiger partial charge >= 0.3 is 11.8 Å². The van der Waals surface area contributed by atoms with Crippen LogP contribution >= 0.6 is 11.6 Å². The first-order valence-electron chi connectivity index (χ1n) is 9.32. The molecule has 1 unspecified atom stereocenters. The zero-order valence-corrected chi connectivity index (χ0v) is 16.6. The van der Waals surface area contributed by atoms with Crippen LogP contribution in [0.25, 0.3) is 11.3 Å². The third-order valence-corrected chi connectivity index (χ3v) is 5.10. The molecule has 4 rings (SSSR count). The standard InChI is InChI=1S/C21H20ClN5O2/c1-27-12-17(19(26-27)15-8-10-23-11-9-15)24-20(28)21(29)25-18(13-2-3-13)14-4-6-16(22)7-5-14/h4-13,18H,2-3H2,1H3,(H,24,28)(H,25,29). The van der Waals surface area contributed by atoms with Gasteiger partial charge in [0, 0.05) is 36.2 Å². The van der Waals surface area contributed by atoms with E-state index >= 15 is 0 Å². The normalized spacial score (nSPS) is 14.3. The minimum atomic E-state index is -0.729. The second-order valence-electron chi connectivity index (χ2n) is 7.10. The minimum absolute atomic E-state index is 0.209. The fourth-order valence-electron chi connectivity index (χ4n) is 3.26. The summed E-state index contributed by atoms with van der Waals surface area (Å²) < 4.78 is 1.59. The third-order valence-electron chi connectivity index (χ3n) is 4.85. The molecule has 0 saturated heterocycles. The fourth-order valence-corrected chi connectivity index (χ4v) is 3.39. The number of carbonyl (C=O) groups is 2. The molecule has 0 radical (unpaired) electrons. The van der Waals surface area contributed by atoms with Crippen molar-refractivity contribution in [3.05, 3.63) is 65.6 Å². The Bertz CT molecular complexity index is 1030. The van der Waals surface area contributed by atoms with Crippen LogP contribution in [0.5, 0.6) is 0 Å². The summed E-state index contributed by atoms with van der Waals surface area (Å²) in [6.07, 6.45) is 7.00. The van der Waals surface area contributed by atoms with Crippen LogP contribution in [0.1, 0.15) is 24.4 Å². The van der Waals surface area contributed by atoms with Crippen LogP contribution in [-0.4, -0.2) is 26.6 Å². The van der Waals surface area contributed by atoms with Crippen molar-refractivity contribution >= 4 is 29.1 Å². The monoisotopic (exact) mass is 409 g/mol. The number of benzene rings is 1. The van der Waals surface area contributed by atoms with Gasteiger partial charge in [0.1, 0.15) is 5.69 Å². The van der Waals surface area contributed by atoms with Gasteiger partial charge in [-0.05, 0) is 48.6 Å². The molecule has 1 aromatic carbocycles. The van der Waals surface area contributed by atoms with Gasteiger partial charge in [-0.25, -0.2) is 0 Å². The summed E-state index contributed by atoms with van der Waals surface area (Å²) in [6.45, 7) is 0. The van der Waals surface area contributed by atoms with E-state index in [1.165, 1.54) is 0 Å². The average molecular weight is 410 g/mol. The van der Waals surface area contributed by atoms with Crippen LogP contribution < -0.4 is 10.6 Å². The van der Waals surface area contributed by atoms with Gasteiger partial charge in [0.25, 0.3) is 0 Å². The van der Waals surface area contributed by atoms with Gasteiger partial charge in [-0.1, -0.05) is 23.7 Å². The van der Waals surface area contributed by atoms with Crippen molar-refractivity contribution in [3.63, 3.8) is 0 Å². The van der Waals surface area contributed by atoms with Crippen LogP contribution in [0.3, 0.4) is 0 Å². The summed E-state index contributed by atoms with van der Waals surface area (Å²) in [5.74, 6) is -1.08. The van der Waals surface area contributed by atoms with Crippen LogP contribution in [0, 0.1) is 5.92 Å². The summed E-state index contributed by atoms with van der Waals surface area (Å²) in [4.78, 5) is 29.2. The number of hydrogen-bond donors (Lipinski definition) is 2. The Morgan fingerprint density at radius 1 is 1.10 bits per heavy atom. The topological polar surface area (TPSA) is 88.9 Å². The van der Waals surface area contributed by atoms with E-state index in [0.717, 1.165) is 24.0 Å². The molecule has 1 fully saturated rings. The molecule has 2 heterocycles. The highest BCUT2D eigenvalue weighted by atomic mass is 35.5. The molecule has 1 aliphatic carbocycles. The molecule has 2 aromatic heterocycles. The molecule has 148 valence electrons. The molecular weight excluding hydrogens is 390 g/mol. The largest absolute Gasteiger partial charge is 0.341 e. The van der Waals surface area contributed by atoms with E-state index in [9.17, 15) is 9.59 Å². The molecule has 0 spiro atoms. The summed E-state index contributed by atoms with van der Waals surface area (Å²) >= 11 is 5.96. The molecule has 1 aliphatic rings. The Hall–Kier alpha value is -3.19. The van der Waals surface area contributed by atoms with Gasteiger partial charge in [0.05, 0.1) is 11.7 Å². The van der Waals surface area contributed by atoms with E-state index in [2.05, 4.69) is 20.7 Å². The molecule has 0 bridgehead atoms. The molecule has 2 N–H and O–H groups in total. The van der Waals surface area contributed by atoms with Crippen molar-refractivity contribution in [2.45, 2.75) is 18.9 Å². The van der Waals surface area contributed by atoms with Gasteiger partial charge in [-0.3, -0.25) is 19.3 Å². The second-order valence-corrected chi connectivity index (χ2v) is 7.53. The van der Waals surface area contributed by atoms with E-state index in [0.29, 0.717) is 22.3 Å². The SMILES string of the molecule is Cn1cc(NC(=O)C(=O)NC(c2ccc(Cl)cc2)C2CC2)c(-c2ccncc2)n1. The summed E-state index contributed by atoms with van der Waals surface area (Å²) in [6, 6.07) is 10.7. The highest BCUT2D eigenvalue weighted by Crippen LogP contribution is 2.41. The van der Waals surface area contributed by atoms with E-state index in [-0.39, 0.29) is 6.04 Å². The highest BCUT2D eigenvalue weighted by molar-refractivity contribution is 6.40. The maximum absolute atomic E-state index is 12.6. The van der Waals surface area contributed by atoms with Crippen molar-refractivity contribution in [1.82, 2.24) is 20.1 Å².